The molecule has 0 bridgehead atoms. The normalized spacial score (nSPS) is 10.8. The lowest BCUT2D eigenvalue weighted by atomic mass is 10.1. The Kier molecular flexibility index (Phi) is 5.47. The van der Waals surface area contributed by atoms with Crippen LogP contribution in [-0.4, -0.2) is 22.7 Å². The molecule has 1 aromatic heterocycles. The van der Waals surface area contributed by atoms with Gasteiger partial charge in [-0.1, -0.05) is 18.5 Å². The summed E-state index contributed by atoms with van der Waals surface area (Å²) >= 11 is 6.19. The topological polar surface area (TPSA) is 80.1 Å². The number of halogens is 1. The Morgan fingerprint density at radius 3 is 2.67 bits per heavy atom. The number of hydrogen-bond acceptors (Lipinski definition) is 6. The van der Waals surface area contributed by atoms with Gasteiger partial charge in [0.05, 0.1) is 29.5 Å². The Hall–Kier alpha value is -2.52. The molecule has 0 spiro atoms. The second-order valence-electron chi connectivity index (χ2n) is 5.71. The molecule has 0 saturated heterocycles. The minimum atomic E-state index is -0.384. The Labute approximate surface area is 146 Å². The fourth-order valence-electron chi connectivity index (χ4n) is 1.85. The van der Waals surface area contributed by atoms with Crippen LogP contribution in [0, 0.1) is 11.3 Å². The van der Waals surface area contributed by atoms with Crippen molar-refractivity contribution in [3.05, 3.63) is 35.1 Å². The summed E-state index contributed by atoms with van der Waals surface area (Å²) in [5.41, 5.74) is 0.702. The summed E-state index contributed by atoms with van der Waals surface area (Å²) in [5.74, 6) is 1.17. The van der Waals surface area contributed by atoms with Crippen LogP contribution < -0.4 is 14.8 Å². The van der Waals surface area contributed by atoms with Crippen molar-refractivity contribution in [2.75, 3.05) is 12.4 Å². The van der Waals surface area contributed by atoms with Crippen molar-refractivity contribution < 1.29 is 9.47 Å². The minimum absolute atomic E-state index is 0.353. The van der Waals surface area contributed by atoms with E-state index in [-0.39, 0.29) is 5.60 Å². The largest absolute Gasteiger partial charge is 0.489 e. The van der Waals surface area contributed by atoms with E-state index in [4.69, 9.17) is 26.3 Å². The van der Waals surface area contributed by atoms with Gasteiger partial charge in [-0.3, -0.25) is 0 Å². The molecule has 0 amide bonds. The third-order valence-electron chi connectivity index (χ3n) is 3.55. The molecule has 1 aromatic carbocycles. The molecule has 0 radical (unpaired) electrons. The van der Waals surface area contributed by atoms with E-state index < -0.39 is 0 Å². The Balaban J connectivity index is 2.36. The number of anilines is 2. The van der Waals surface area contributed by atoms with Gasteiger partial charge in [-0.05, 0) is 38.5 Å². The fraction of sp³-hybridized carbons (Fsp3) is 0.353. The van der Waals surface area contributed by atoms with Gasteiger partial charge in [0.15, 0.2) is 5.82 Å². The standard InChI is InChI=1S/C17H19ClN4O2/c1-5-17(2,3)24-16-14(23-4)15(20-10-21-16)22-13-7-6-11(9-19)8-12(13)18/h6-8,10H,5H2,1-4H3,(H,20,21,22). The summed E-state index contributed by atoms with van der Waals surface area (Å²) in [5, 5.41) is 12.4. The maximum Gasteiger partial charge on any atom is 0.263 e. The van der Waals surface area contributed by atoms with Crippen LogP contribution in [0.2, 0.25) is 5.02 Å². The molecule has 2 rings (SSSR count). The van der Waals surface area contributed by atoms with Gasteiger partial charge in [-0.25, -0.2) is 4.98 Å². The SMILES string of the molecule is CCC(C)(C)Oc1ncnc(Nc2ccc(C#N)cc2Cl)c1OC. The molecule has 0 fully saturated rings. The highest BCUT2D eigenvalue weighted by Crippen LogP contribution is 2.36. The van der Waals surface area contributed by atoms with Gasteiger partial charge in [0.2, 0.25) is 5.75 Å². The summed E-state index contributed by atoms with van der Waals surface area (Å²) in [6.07, 6.45) is 2.20. The van der Waals surface area contributed by atoms with E-state index >= 15 is 0 Å². The lowest BCUT2D eigenvalue weighted by molar-refractivity contribution is 0.0943. The highest BCUT2D eigenvalue weighted by Gasteiger charge is 2.23. The van der Waals surface area contributed by atoms with Gasteiger partial charge in [0.1, 0.15) is 11.9 Å². The van der Waals surface area contributed by atoms with Crippen molar-refractivity contribution in [2.45, 2.75) is 32.8 Å². The molecule has 0 aliphatic carbocycles. The van der Waals surface area contributed by atoms with Gasteiger partial charge in [0, 0.05) is 0 Å². The van der Waals surface area contributed by atoms with E-state index in [9.17, 15) is 0 Å². The number of nitrogens with zero attached hydrogens (tertiary/aromatic N) is 3. The van der Waals surface area contributed by atoms with Crippen molar-refractivity contribution in [1.82, 2.24) is 9.97 Å². The quantitative estimate of drug-likeness (QED) is 0.838. The van der Waals surface area contributed by atoms with Gasteiger partial charge in [-0.15, -0.1) is 0 Å². The molecular weight excluding hydrogens is 328 g/mol. The van der Waals surface area contributed by atoms with E-state index in [1.807, 2.05) is 26.8 Å². The van der Waals surface area contributed by atoms with Crippen LogP contribution in [0.25, 0.3) is 0 Å². The summed E-state index contributed by atoms with van der Waals surface area (Å²) in [7, 11) is 1.52. The summed E-state index contributed by atoms with van der Waals surface area (Å²) in [4.78, 5) is 8.35. The zero-order valence-electron chi connectivity index (χ0n) is 14.1. The Morgan fingerprint density at radius 2 is 2.08 bits per heavy atom. The minimum Gasteiger partial charge on any atom is -0.489 e. The predicted molar refractivity (Wildman–Crippen MR) is 93.0 cm³/mol. The van der Waals surface area contributed by atoms with E-state index in [0.717, 1.165) is 6.42 Å². The van der Waals surface area contributed by atoms with Crippen LogP contribution in [-0.2, 0) is 0 Å². The van der Waals surface area contributed by atoms with Gasteiger partial charge < -0.3 is 14.8 Å². The number of hydrogen-bond donors (Lipinski definition) is 1. The average molecular weight is 347 g/mol. The summed E-state index contributed by atoms with van der Waals surface area (Å²) in [6.45, 7) is 5.97. The molecule has 24 heavy (non-hydrogen) atoms. The Bertz CT molecular complexity index is 772. The number of aromatic nitrogens is 2. The lowest BCUT2D eigenvalue weighted by Gasteiger charge is -2.25. The number of ether oxygens (including phenoxy) is 2. The first-order valence-corrected chi connectivity index (χ1v) is 7.82. The zero-order chi connectivity index (χ0) is 17.7. The van der Waals surface area contributed by atoms with E-state index in [0.29, 0.717) is 33.7 Å². The van der Waals surface area contributed by atoms with Gasteiger partial charge in [-0.2, -0.15) is 10.2 Å². The van der Waals surface area contributed by atoms with Crippen molar-refractivity contribution >= 4 is 23.1 Å². The molecule has 126 valence electrons. The smallest absolute Gasteiger partial charge is 0.263 e. The highest BCUT2D eigenvalue weighted by atomic mass is 35.5. The second-order valence-corrected chi connectivity index (χ2v) is 6.11. The predicted octanol–water partition coefficient (Wildman–Crippen LogP) is 4.32. The van der Waals surface area contributed by atoms with Crippen molar-refractivity contribution in [2.24, 2.45) is 0 Å². The number of rotatable bonds is 6. The molecule has 1 heterocycles. The maximum absolute atomic E-state index is 8.91. The number of nitriles is 1. The van der Waals surface area contributed by atoms with Crippen LogP contribution in [0.4, 0.5) is 11.5 Å². The van der Waals surface area contributed by atoms with Crippen LogP contribution in [0.15, 0.2) is 24.5 Å². The van der Waals surface area contributed by atoms with Crippen LogP contribution in [0.3, 0.4) is 0 Å². The first-order chi connectivity index (χ1) is 11.4. The second kappa shape index (κ2) is 7.37. The first kappa shape index (κ1) is 17.8. The number of methoxy groups -OCH3 is 1. The van der Waals surface area contributed by atoms with Crippen LogP contribution in [0.1, 0.15) is 32.8 Å². The molecule has 0 saturated carbocycles. The molecule has 0 unspecified atom stereocenters. The van der Waals surface area contributed by atoms with Gasteiger partial charge >= 0.3 is 0 Å². The van der Waals surface area contributed by atoms with E-state index in [2.05, 4.69) is 15.3 Å². The molecule has 0 atom stereocenters. The third-order valence-corrected chi connectivity index (χ3v) is 3.86. The van der Waals surface area contributed by atoms with Crippen molar-refractivity contribution in [3.8, 4) is 17.7 Å². The Morgan fingerprint density at radius 1 is 1.33 bits per heavy atom. The fourth-order valence-corrected chi connectivity index (χ4v) is 2.08. The maximum atomic E-state index is 8.91. The number of benzene rings is 1. The van der Waals surface area contributed by atoms with Crippen molar-refractivity contribution in [3.63, 3.8) is 0 Å². The molecule has 6 nitrogen and oxygen atoms in total. The zero-order valence-corrected chi connectivity index (χ0v) is 14.8. The van der Waals surface area contributed by atoms with E-state index in [1.54, 1.807) is 18.2 Å². The summed E-state index contributed by atoms with van der Waals surface area (Å²) < 4.78 is 11.3. The number of nitrogens with one attached hydrogen (secondary N) is 1. The van der Waals surface area contributed by atoms with Crippen LogP contribution in [0.5, 0.6) is 11.6 Å². The average Bonchev–Trinajstić information content (AvgIpc) is 2.56. The third kappa shape index (κ3) is 4.06. The molecule has 0 aliphatic rings. The lowest BCUT2D eigenvalue weighted by Crippen LogP contribution is -2.27. The summed E-state index contributed by atoms with van der Waals surface area (Å²) in [6, 6.07) is 6.99. The first-order valence-electron chi connectivity index (χ1n) is 7.45. The van der Waals surface area contributed by atoms with E-state index in [1.165, 1.54) is 13.4 Å². The van der Waals surface area contributed by atoms with Crippen molar-refractivity contribution in [1.29, 1.82) is 5.26 Å². The van der Waals surface area contributed by atoms with Crippen LogP contribution >= 0.6 is 11.6 Å². The molecule has 1 N–H and O–H groups in total. The monoisotopic (exact) mass is 346 g/mol. The highest BCUT2D eigenvalue weighted by molar-refractivity contribution is 6.33. The molecular formula is C17H19ClN4O2. The molecule has 7 heteroatoms. The molecule has 2 aromatic rings. The van der Waals surface area contributed by atoms with Gasteiger partial charge in [0.25, 0.3) is 5.88 Å². The molecule has 0 aliphatic heterocycles.